The number of nitrogens with zero attached hydrogens (tertiary/aromatic N) is 1. The van der Waals surface area contributed by atoms with Crippen LogP contribution in [0.5, 0.6) is 5.75 Å². The number of aliphatic hydroxyl groups excluding tert-OH is 1. The summed E-state index contributed by atoms with van der Waals surface area (Å²) in [4.78, 5) is 2.30. The molecule has 19 heavy (non-hydrogen) atoms. The average molecular weight is 269 g/mol. The van der Waals surface area contributed by atoms with Gasteiger partial charge in [0, 0.05) is 18.7 Å². The minimum absolute atomic E-state index is 0.0188. The molecular weight excluding hydrogens is 249 g/mol. The Balaban J connectivity index is 1.91. The number of rotatable bonds is 5. The molecule has 1 aliphatic rings. The van der Waals surface area contributed by atoms with Gasteiger partial charge < -0.3 is 14.6 Å². The summed E-state index contributed by atoms with van der Waals surface area (Å²) >= 11 is 0. The summed E-state index contributed by atoms with van der Waals surface area (Å²) in [6, 6.07) is 4.16. The van der Waals surface area contributed by atoms with Gasteiger partial charge in [-0.3, -0.25) is 4.90 Å². The van der Waals surface area contributed by atoms with E-state index in [9.17, 15) is 9.50 Å². The van der Waals surface area contributed by atoms with Gasteiger partial charge >= 0.3 is 0 Å². The van der Waals surface area contributed by atoms with Gasteiger partial charge in [0.25, 0.3) is 0 Å². The summed E-state index contributed by atoms with van der Waals surface area (Å²) in [6.07, 6.45) is 0.0188. The third kappa shape index (κ3) is 3.89. The summed E-state index contributed by atoms with van der Waals surface area (Å²) in [7, 11) is 0. The van der Waals surface area contributed by atoms with E-state index >= 15 is 0 Å². The van der Waals surface area contributed by atoms with Gasteiger partial charge in [0.15, 0.2) is 0 Å². The molecule has 1 fully saturated rings. The van der Waals surface area contributed by atoms with E-state index in [0.717, 1.165) is 19.6 Å². The van der Waals surface area contributed by atoms with E-state index in [2.05, 4.69) is 11.8 Å². The number of morpholine rings is 1. The van der Waals surface area contributed by atoms with Crippen molar-refractivity contribution in [3.8, 4) is 5.75 Å². The SMILES string of the molecule is CCN1CCOC(COc2ccc(F)cc2CO)C1. The molecular formula is C14H20FNO3. The summed E-state index contributed by atoms with van der Waals surface area (Å²) in [5.74, 6) is 0.142. The van der Waals surface area contributed by atoms with Crippen LogP contribution < -0.4 is 4.74 Å². The van der Waals surface area contributed by atoms with E-state index in [1.807, 2.05) is 0 Å². The first-order chi connectivity index (χ1) is 9.22. The molecule has 106 valence electrons. The van der Waals surface area contributed by atoms with E-state index < -0.39 is 0 Å². The van der Waals surface area contributed by atoms with Gasteiger partial charge in [0.1, 0.15) is 24.3 Å². The number of aliphatic hydroxyl groups is 1. The van der Waals surface area contributed by atoms with Crippen LogP contribution in [0.2, 0.25) is 0 Å². The Morgan fingerprint density at radius 3 is 3.11 bits per heavy atom. The highest BCUT2D eigenvalue weighted by atomic mass is 19.1. The van der Waals surface area contributed by atoms with Gasteiger partial charge in [0.2, 0.25) is 0 Å². The van der Waals surface area contributed by atoms with Crippen molar-refractivity contribution >= 4 is 0 Å². The van der Waals surface area contributed by atoms with Crippen LogP contribution >= 0.6 is 0 Å². The number of ether oxygens (including phenoxy) is 2. The Hall–Kier alpha value is -1.17. The predicted octanol–water partition coefficient (Wildman–Crippen LogP) is 1.42. The maximum Gasteiger partial charge on any atom is 0.125 e. The fraction of sp³-hybridized carbons (Fsp3) is 0.571. The predicted molar refractivity (Wildman–Crippen MR) is 69.7 cm³/mol. The number of hydrogen-bond acceptors (Lipinski definition) is 4. The number of likely N-dealkylation sites (N-methyl/N-ethyl adjacent to an activating group) is 1. The lowest BCUT2D eigenvalue weighted by atomic mass is 10.2. The van der Waals surface area contributed by atoms with Crippen molar-refractivity contribution in [2.75, 3.05) is 32.8 Å². The molecule has 0 aromatic heterocycles. The third-order valence-corrected chi connectivity index (χ3v) is 3.29. The first kappa shape index (κ1) is 14.2. The maximum atomic E-state index is 13.0. The minimum atomic E-state index is -0.373. The van der Waals surface area contributed by atoms with Crippen LogP contribution in [0, 0.1) is 5.82 Å². The van der Waals surface area contributed by atoms with E-state index in [4.69, 9.17) is 9.47 Å². The molecule has 1 aromatic carbocycles. The second-order valence-corrected chi connectivity index (χ2v) is 4.61. The van der Waals surface area contributed by atoms with Crippen molar-refractivity contribution in [1.29, 1.82) is 0 Å². The lowest BCUT2D eigenvalue weighted by Gasteiger charge is -2.32. The molecule has 1 atom stereocenters. The molecule has 2 rings (SSSR count). The third-order valence-electron chi connectivity index (χ3n) is 3.29. The standard InChI is InChI=1S/C14H20FNO3/c1-2-16-5-6-18-13(8-16)10-19-14-4-3-12(15)7-11(14)9-17/h3-4,7,13,17H,2,5-6,8-10H2,1H3. The molecule has 1 aliphatic heterocycles. The maximum absolute atomic E-state index is 13.0. The Morgan fingerprint density at radius 2 is 2.37 bits per heavy atom. The molecule has 0 spiro atoms. The van der Waals surface area contributed by atoms with Crippen LogP contribution in [-0.2, 0) is 11.3 Å². The van der Waals surface area contributed by atoms with Gasteiger partial charge in [-0.15, -0.1) is 0 Å². The van der Waals surface area contributed by atoms with Crippen LogP contribution in [0.15, 0.2) is 18.2 Å². The second kappa shape index (κ2) is 6.84. The Labute approximate surface area is 112 Å². The molecule has 0 bridgehead atoms. The van der Waals surface area contributed by atoms with Crippen molar-refractivity contribution in [2.45, 2.75) is 19.6 Å². The Kier molecular flexibility index (Phi) is 5.13. The van der Waals surface area contributed by atoms with Gasteiger partial charge in [0.05, 0.1) is 13.2 Å². The van der Waals surface area contributed by atoms with Crippen molar-refractivity contribution in [1.82, 2.24) is 4.90 Å². The topological polar surface area (TPSA) is 41.9 Å². The number of benzene rings is 1. The molecule has 1 saturated heterocycles. The Bertz CT molecular complexity index is 414. The fourth-order valence-electron chi connectivity index (χ4n) is 2.16. The largest absolute Gasteiger partial charge is 0.490 e. The van der Waals surface area contributed by atoms with Crippen molar-refractivity contribution in [3.05, 3.63) is 29.6 Å². The zero-order valence-electron chi connectivity index (χ0n) is 11.1. The van der Waals surface area contributed by atoms with Crippen LogP contribution in [0.4, 0.5) is 4.39 Å². The highest BCUT2D eigenvalue weighted by Gasteiger charge is 2.20. The molecule has 1 heterocycles. The van der Waals surface area contributed by atoms with Crippen molar-refractivity contribution in [2.24, 2.45) is 0 Å². The molecule has 0 radical (unpaired) electrons. The molecule has 5 heteroatoms. The lowest BCUT2D eigenvalue weighted by Crippen LogP contribution is -2.44. The summed E-state index contributed by atoms with van der Waals surface area (Å²) < 4.78 is 24.3. The van der Waals surface area contributed by atoms with Crippen LogP contribution in [0.1, 0.15) is 12.5 Å². The molecule has 4 nitrogen and oxygen atoms in total. The number of hydrogen-bond donors (Lipinski definition) is 1. The van der Waals surface area contributed by atoms with E-state index in [1.165, 1.54) is 12.1 Å². The first-order valence-electron chi connectivity index (χ1n) is 6.59. The van der Waals surface area contributed by atoms with Crippen LogP contribution in [0.3, 0.4) is 0 Å². The first-order valence-corrected chi connectivity index (χ1v) is 6.59. The molecule has 1 N–H and O–H groups in total. The lowest BCUT2D eigenvalue weighted by molar-refractivity contribution is -0.0466. The highest BCUT2D eigenvalue weighted by molar-refractivity contribution is 5.33. The van der Waals surface area contributed by atoms with Crippen LogP contribution in [-0.4, -0.2) is 49.0 Å². The zero-order chi connectivity index (χ0) is 13.7. The molecule has 1 unspecified atom stereocenters. The Morgan fingerprint density at radius 1 is 1.53 bits per heavy atom. The average Bonchev–Trinajstić information content (AvgIpc) is 2.46. The highest BCUT2D eigenvalue weighted by Crippen LogP contribution is 2.20. The summed E-state index contributed by atoms with van der Waals surface area (Å²) in [5.41, 5.74) is 0.461. The second-order valence-electron chi connectivity index (χ2n) is 4.61. The van der Waals surface area contributed by atoms with E-state index in [0.29, 0.717) is 24.5 Å². The molecule has 1 aromatic rings. The van der Waals surface area contributed by atoms with E-state index in [1.54, 1.807) is 6.07 Å². The quantitative estimate of drug-likeness (QED) is 0.878. The van der Waals surface area contributed by atoms with Gasteiger partial charge in [-0.25, -0.2) is 4.39 Å². The summed E-state index contributed by atoms with van der Waals surface area (Å²) in [5, 5.41) is 9.17. The molecule has 0 amide bonds. The zero-order valence-corrected chi connectivity index (χ0v) is 11.1. The van der Waals surface area contributed by atoms with Crippen molar-refractivity contribution < 1.29 is 19.0 Å². The van der Waals surface area contributed by atoms with Gasteiger partial charge in [-0.2, -0.15) is 0 Å². The minimum Gasteiger partial charge on any atom is -0.490 e. The fourth-order valence-corrected chi connectivity index (χ4v) is 2.16. The normalized spacial score (nSPS) is 20.5. The van der Waals surface area contributed by atoms with E-state index in [-0.39, 0.29) is 18.5 Å². The summed E-state index contributed by atoms with van der Waals surface area (Å²) in [6.45, 7) is 5.79. The smallest absolute Gasteiger partial charge is 0.125 e. The molecule has 0 saturated carbocycles. The van der Waals surface area contributed by atoms with Crippen molar-refractivity contribution in [3.63, 3.8) is 0 Å². The number of halogens is 1. The van der Waals surface area contributed by atoms with Gasteiger partial charge in [-0.1, -0.05) is 6.92 Å². The monoisotopic (exact) mass is 269 g/mol. The van der Waals surface area contributed by atoms with Crippen LogP contribution in [0.25, 0.3) is 0 Å². The van der Waals surface area contributed by atoms with Gasteiger partial charge in [-0.05, 0) is 24.7 Å². The molecule has 0 aliphatic carbocycles.